The first-order valence-electron chi connectivity index (χ1n) is 5.05. The van der Waals surface area contributed by atoms with Crippen LogP contribution < -0.4 is 0 Å². The molecule has 1 aromatic carbocycles. The van der Waals surface area contributed by atoms with Crippen molar-refractivity contribution >= 4 is 17.4 Å². The van der Waals surface area contributed by atoms with Crippen LogP contribution in [0, 0.1) is 0 Å². The van der Waals surface area contributed by atoms with Crippen molar-refractivity contribution in [3.8, 4) is 0 Å². The van der Waals surface area contributed by atoms with Gasteiger partial charge in [-0.2, -0.15) is 0 Å². The number of hydrogen-bond acceptors (Lipinski definition) is 1. The Morgan fingerprint density at radius 2 is 2.07 bits per heavy atom. The van der Waals surface area contributed by atoms with E-state index in [1.807, 2.05) is 18.2 Å². The molecular formula is C12H11ClO. The van der Waals surface area contributed by atoms with Crippen molar-refractivity contribution in [1.29, 1.82) is 0 Å². The highest BCUT2D eigenvalue weighted by atomic mass is 35.5. The number of carbonyl (C=O) groups is 1. The van der Waals surface area contributed by atoms with Gasteiger partial charge >= 0.3 is 0 Å². The summed E-state index contributed by atoms with van der Waals surface area (Å²) in [5.41, 5.74) is 2.31. The number of hydrogen-bond donors (Lipinski definition) is 0. The highest BCUT2D eigenvalue weighted by Gasteiger charge is 2.50. The van der Waals surface area contributed by atoms with Crippen LogP contribution in [-0.2, 0) is 16.6 Å². The summed E-state index contributed by atoms with van der Waals surface area (Å²) in [4.78, 5) is 11.9. The van der Waals surface area contributed by atoms with Gasteiger partial charge in [-0.25, -0.2) is 0 Å². The van der Waals surface area contributed by atoms with E-state index in [9.17, 15) is 4.79 Å². The van der Waals surface area contributed by atoms with E-state index < -0.39 is 0 Å². The molecule has 0 amide bonds. The van der Waals surface area contributed by atoms with Crippen LogP contribution >= 0.6 is 11.6 Å². The average Bonchev–Trinajstić information content (AvgIpc) is 2.34. The van der Waals surface area contributed by atoms with Crippen LogP contribution in [0.2, 0.25) is 5.02 Å². The number of benzene rings is 1. The van der Waals surface area contributed by atoms with Gasteiger partial charge in [-0.1, -0.05) is 24.1 Å². The Balaban J connectivity index is 2.18. The molecule has 0 N–H and O–H groups in total. The van der Waals surface area contributed by atoms with Crippen LogP contribution in [0.3, 0.4) is 0 Å². The van der Waals surface area contributed by atoms with Gasteiger partial charge in [0, 0.05) is 11.4 Å². The van der Waals surface area contributed by atoms with E-state index in [0.29, 0.717) is 12.2 Å². The summed E-state index contributed by atoms with van der Waals surface area (Å²) in [5.74, 6) is 0.404. The van der Waals surface area contributed by atoms with E-state index in [1.54, 1.807) is 0 Å². The molecule has 72 valence electrons. The van der Waals surface area contributed by atoms with Crippen LogP contribution in [0.1, 0.15) is 30.4 Å². The maximum atomic E-state index is 11.9. The first kappa shape index (κ1) is 8.49. The van der Waals surface area contributed by atoms with Gasteiger partial charge in [0.25, 0.3) is 0 Å². The third-order valence-electron chi connectivity index (χ3n) is 3.67. The van der Waals surface area contributed by atoms with Gasteiger partial charge in [0.15, 0.2) is 0 Å². The lowest BCUT2D eigenvalue weighted by Gasteiger charge is -2.37. The molecule has 0 atom stereocenters. The number of ketones is 1. The zero-order valence-corrected chi connectivity index (χ0v) is 8.60. The van der Waals surface area contributed by atoms with Crippen LogP contribution in [0.15, 0.2) is 18.2 Å². The summed E-state index contributed by atoms with van der Waals surface area (Å²) in [5, 5.41) is 0.743. The Bertz CT molecular complexity index is 418. The zero-order chi connectivity index (χ0) is 9.76. The number of halogens is 1. The molecule has 1 nitrogen and oxygen atoms in total. The lowest BCUT2D eigenvalue weighted by Crippen LogP contribution is -2.39. The van der Waals surface area contributed by atoms with E-state index >= 15 is 0 Å². The minimum absolute atomic E-state index is 0.0973. The number of rotatable bonds is 0. The lowest BCUT2D eigenvalue weighted by molar-refractivity contribution is -0.125. The maximum Gasteiger partial charge on any atom is 0.147 e. The molecule has 3 rings (SSSR count). The largest absolute Gasteiger partial charge is 0.298 e. The molecule has 0 bridgehead atoms. The zero-order valence-electron chi connectivity index (χ0n) is 7.85. The van der Waals surface area contributed by atoms with Gasteiger partial charge in [0.2, 0.25) is 0 Å². The molecule has 0 saturated heterocycles. The van der Waals surface area contributed by atoms with Gasteiger partial charge in [-0.05, 0) is 36.1 Å². The quantitative estimate of drug-likeness (QED) is 0.638. The molecular weight excluding hydrogens is 196 g/mol. The minimum Gasteiger partial charge on any atom is -0.298 e. The summed E-state index contributed by atoms with van der Waals surface area (Å²) in [6, 6.07) is 5.89. The van der Waals surface area contributed by atoms with E-state index in [2.05, 4.69) is 0 Å². The topological polar surface area (TPSA) is 17.1 Å². The van der Waals surface area contributed by atoms with Crippen molar-refractivity contribution in [2.75, 3.05) is 0 Å². The molecule has 1 saturated carbocycles. The monoisotopic (exact) mass is 206 g/mol. The van der Waals surface area contributed by atoms with Crippen LogP contribution in [0.5, 0.6) is 0 Å². The molecule has 0 heterocycles. The second-order valence-electron chi connectivity index (χ2n) is 4.34. The summed E-state index contributed by atoms with van der Waals surface area (Å²) in [7, 11) is 0. The molecule has 1 spiro atoms. The second kappa shape index (κ2) is 2.60. The van der Waals surface area contributed by atoms with Crippen molar-refractivity contribution in [2.45, 2.75) is 31.1 Å². The molecule has 0 aromatic heterocycles. The van der Waals surface area contributed by atoms with Crippen molar-refractivity contribution in [3.05, 3.63) is 34.3 Å². The van der Waals surface area contributed by atoms with Crippen molar-refractivity contribution in [3.63, 3.8) is 0 Å². The van der Waals surface area contributed by atoms with Crippen LogP contribution in [0.4, 0.5) is 0 Å². The van der Waals surface area contributed by atoms with Gasteiger partial charge in [-0.15, -0.1) is 0 Å². The number of fused-ring (bicyclic) bond motifs is 2. The van der Waals surface area contributed by atoms with Crippen LogP contribution in [-0.4, -0.2) is 5.78 Å². The smallest absolute Gasteiger partial charge is 0.147 e. The normalized spacial score (nSPS) is 22.2. The first-order valence-corrected chi connectivity index (χ1v) is 5.42. The van der Waals surface area contributed by atoms with E-state index in [1.165, 1.54) is 12.0 Å². The van der Waals surface area contributed by atoms with E-state index in [0.717, 1.165) is 23.4 Å². The van der Waals surface area contributed by atoms with Crippen LogP contribution in [0.25, 0.3) is 0 Å². The average molecular weight is 207 g/mol. The van der Waals surface area contributed by atoms with Crippen molar-refractivity contribution < 1.29 is 4.79 Å². The SMILES string of the molecule is O=C1Cc2cc(Cl)ccc2C12CCC2. The molecule has 2 aliphatic carbocycles. The fourth-order valence-electron chi connectivity index (χ4n) is 2.75. The lowest BCUT2D eigenvalue weighted by atomic mass is 9.64. The molecule has 0 aliphatic heterocycles. The predicted molar refractivity (Wildman–Crippen MR) is 55.7 cm³/mol. The fraction of sp³-hybridized carbons (Fsp3) is 0.417. The Labute approximate surface area is 88.1 Å². The molecule has 0 unspecified atom stereocenters. The molecule has 1 fully saturated rings. The summed E-state index contributed by atoms with van der Waals surface area (Å²) >= 11 is 5.91. The third kappa shape index (κ3) is 0.885. The highest BCUT2D eigenvalue weighted by molar-refractivity contribution is 6.30. The Morgan fingerprint density at radius 3 is 2.71 bits per heavy atom. The first-order chi connectivity index (χ1) is 6.72. The Morgan fingerprint density at radius 1 is 1.29 bits per heavy atom. The number of Topliss-reactive ketones (excluding diaryl/α,β-unsaturated/α-hetero) is 1. The van der Waals surface area contributed by atoms with Crippen molar-refractivity contribution in [2.24, 2.45) is 0 Å². The number of carbonyl (C=O) groups excluding carboxylic acids is 1. The fourth-order valence-corrected chi connectivity index (χ4v) is 2.94. The van der Waals surface area contributed by atoms with Crippen molar-refractivity contribution in [1.82, 2.24) is 0 Å². The maximum absolute atomic E-state index is 11.9. The Kier molecular flexibility index (Phi) is 1.58. The van der Waals surface area contributed by atoms with E-state index in [-0.39, 0.29) is 5.41 Å². The molecule has 1 aromatic rings. The van der Waals surface area contributed by atoms with Gasteiger partial charge < -0.3 is 0 Å². The highest BCUT2D eigenvalue weighted by Crippen LogP contribution is 2.50. The van der Waals surface area contributed by atoms with E-state index in [4.69, 9.17) is 11.6 Å². The van der Waals surface area contributed by atoms with Gasteiger partial charge in [0.1, 0.15) is 5.78 Å². The summed E-state index contributed by atoms with van der Waals surface area (Å²) in [6.07, 6.45) is 3.87. The molecule has 14 heavy (non-hydrogen) atoms. The Hall–Kier alpha value is -0.820. The molecule has 2 heteroatoms. The molecule has 0 radical (unpaired) electrons. The molecule has 2 aliphatic rings. The van der Waals surface area contributed by atoms with Gasteiger partial charge in [0.05, 0.1) is 5.41 Å². The summed E-state index contributed by atoms with van der Waals surface area (Å²) in [6.45, 7) is 0. The third-order valence-corrected chi connectivity index (χ3v) is 3.91. The van der Waals surface area contributed by atoms with Gasteiger partial charge in [-0.3, -0.25) is 4.79 Å². The minimum atomic E-state index is -0.0973. The predicted octanol–water partition coefficient (Wildman–Crippen LogP) is 2.89. The standard InChI is InChI=1S/C12H11ClO/c13-9-2-3-10-8(6-9)7-11(14)12(10)4-1-5-12/h2-3,6H,1,4-5,7H2. The second-order valence-corrected chi connectivity index (χ2v) is 4.77. The summed E-state index contributed by atoms with van der Waals surface area (Å²) < 4.78 is 0.